The predicted molar refractivity (Wildman–Crippen MR) is 88.8 cm³/mol. The van der Waals surface area contributed by atoms with Crippen LogP contribution in [0.1, 0.15) is 16.1 Å². The van der Waals surface area contributed by atoms with Gasteiger partial charge in [-0.25, -0.2) is 12.8 Å². The zero-order valence-electron chi connectivity index (χ0n) is 12.6. The van der Waals surface area contributed by atoms with Gasteiger partial charge in [0.1, 0.15) is 11.5 Å². The third-order valence-electron chi connectivity index (χ3n) is 3.65. The van der Waals surface area contributed by atoms with Gasteiger partial charge in [-0.15, -0.1) is 0 Å². The number of carbonyl (C=O) groups is 1. The Bertz CT molecular complexity index is 1060. The number of rotatable bonds is 4. The van der Waals surface area contributed by atoms with E-state index in [2.05, 4.69) is 9.71 Å². The Kier molecular flexibility index (Phi) is 3.76. The van der Waals surface area contributed by atoms with Gasteiger partial charge in [0.05, 0.1) is 4.90 Å². The SMILES string of the molecule is Cc1c(F)cccc1S(=O)(=O)Nc1ccc2[nH]c(C(N)=O)cc2c1. The summed E-state index contributed by atoms with van der Waals surface area (Å²) in [6.45, 7) is 1.40. The van der Waals surface area contributed by atoms with Gasteiger partial charge in [-0.3, -0.25) is 9.52 Å². The minimum atomic E-state index is -3.94. The molecule has 24 heavy (non-hydrogen) atoms. The van der Waals surface area contributed by atoms with Crippen LogP contribution in [-0.2, 0) is 10.0 Å². The zero-order chi connectivity index (χ0) is 17.5. The Morgan fingerprint density at radius 1 is 1.21 bits per heavy atom. The number of carbonyl (C=O) groups excluding carboxylic acids is 1. The van der Waals surface area contributed by atoms with E-state index in [-0.39, 0.29) is 16.2 Å². The lowest BCUT2D eigenvalue weighted by Gasteiger charge is -2.11. The first-order valence-electron chi connectivity index (χ1n) is 6.98. The van der Waals surface area contributed by atoms with Gasteiger partial charge < -0.3 is 10.7 Å². The molecule has 1 heterocycles. The van der Waals surface area contributed by atoms with Crippen molar-refractivity contribution in [1.29, 1.82) is 0 Å². The van der Waals surface area contributed by atoms with Crippen LogP contribution in [0.15, 0.2) is 47.4 Å². The molecule has 124 valence electrons. The molecule has 4 N–H and O–H groups in total. The molecule has 8 heteroatoms. The standard InChI is InChI=1S/C16H14FN3O3S/c1-9-12(17)3-2-4-15(9)24(22,23)20-11-5-6-13-10(7-11)8-14(19-13)16(18)21/h2-8,19-20H,1H3,(H2,18,21). The number of H-pyrrole nitrogens is 1. The van der Waals surface area contributed by atoms with Gasteiger partial charge in [-0.05, 0) is 43.3 Å². The molecule has 0 fully saturated rings. The van der Waals surface area contributed by atoms with Gasteiger partial charge in [-0.2, -0.15) is 0 Å². The lowest BCUT2D eigenvalue weighted by molar-refractivity contribution is 0.0996. The zero-order valence-corrected chi connectivity index (χ0v) is 13.4. The lowest BCUT2D eigenvalue weighted by Crippen LogP contribution is -2.14. The Balaban J connectivity index is 1.99. The molecular formula is C16H14FN3O3S. The molecule has 3 aromatic rings. The number of nitrogens with two attached hydrogens (primary N) is 1. The van der Waals surface area contributed by atoms with Gasteiger partial charge in [0.15, 0.2) is 0 Å². The lowest BCUT2D eigenvalue weighted by atomic mass is 10.2. The van der Waals surface area contributed by atoms with Gasteiger partial charge in [0.25, 0.3) is 15.9 Å². The van der Waals surface area contributed by atoms with Crippen molar-refractivity contribution in [2.75, 3.05) is 4.72 Å². The van der Waals surface area contributed by atoms with Gasteiger partial charge in [0.2, 0.25) is 0 Å². The highest BCUT2D eigenvalue weighted by Crippen LogP contribution is 2.24. The fourth-order valence-electron chi connectivity index (χ4n) is 2.42. The number of primary amides is 1. The van der Waals surface area contributed by atoms with Crippen molar-refractivity contribution < 1.29 is 17.6 Å². The number of sulfonamides is 1. The molecule has 0 saturated carbocycles. The van der Waals surface area contributed by atoms with Crippen LogP contribution in [-0.4, -0.2) is 19.3 Å². The normalized spacial score (nSPS) is 11.6. The van der Waals surface area contributed by atoms with Crippen LogP contribution in [0.3, 0.4) is 0 Å². The maximum Gasteiger partial charge on any atom is 0.265 e. The summed E-state index contributed by atoms with van der Waals surface area (Å²) in [7, 11) is -3.94. The largest absolute Gasteiger partial charge is 0.364 e. The molecular weight excluding hydrogens is 333 g/mol. The average Bonchev–Trinajstić information content (AvgIpc) is 2.93. The van der Waals surface area contributed by atoms with Crippen LogP contribution in [0.4, 0.5) is 10.1 Å². The van der Waals surface area contributed by atoms with E-state index in [1.807, 2.05) is 0 Å². The van der Waals surface area contributed by atoms with Crippen molar-refractivity contribution in [3.8, 4) is 0 Å². The number of amides is 1. The van der Waals surface area contributed by atoms with Crippen LogP contribution >= 0.6 is 0 Å². The molecule has 0 unspecified atom stereocenters. The quantitative estimate of drug-likeness (QED) is 0.675. The molecule has 3 rings (SSSR count). The van der Waals surface area contributed by atoms with E-state index in [0.717, 1.165) is 0 Å². The van der Waals surface area contributed by atoms with E-state index < -0.39 is 21.7 Å². The van der Waals surface area contributed by atoms with Crippen molar-refractivity contribution >= 4 is 32.5 Å². The Hall–Kier alpha value is -2.87. The Morgan fingerprint density at radius 3 is 2.67 bits per heavy atom. The monoisotopic (exact) mass is 347 g/mol. The van der Waals surface area contributed by atoms with Gasteiger partial charge in [0, 0.05) is 22.2 Å². The summed E-state index contributed by atoms with van der Waals surface area (Å²) < 4.78 is 40.9. The molecule has 0 radical (unpaired) electrons. The van der Waals surface area contributed by atoms with Crippen LogP contribution in [0.25, 0.3) is 10.9 Å². The molecule has 0 aliphatic heterocycles. The van der Waals surface area contributed by atoms with Gasteiger partial charge >= 0.3 is 0 Å². The summed E-state index contributed by atoms with van der Waals surface area (Å²) >= 11 is 0. The summed E-state index contributed by atoms with van der Waals surface area (Å²) in [5.74, 6) is -1.20. The first-order valence-corrected chi connectivity index (χ1v) is 8.47. The molecule has 2 aromatic carbocycles. The van der Waals surface area contributed by atoms with Crippen LogP contribution < -0.4 is 10.5 Å². The summed E-state index contributed by atoms with van der Waals surface area (Å²) in [6, 6.07) is 10.1. The van der Waals surface area contributed by atoms with Crippen molar-refractivity contribution in [3.05, 3.63) is 59.5 Å². The van der Waals surface area contributed by atoms with E-state index in [1.54, 1.807) is 12.1 Å². The van der Waals surface area contributed by atoms with E-state index in [0.29, 0.717) is 16.6 Å². The molecule has 1 amide bonds. The summed E-state index contributed by atoms with van der Waals surface area (Å²) in [5, 5.41) is 0.625. The van der Waals surface area contributed by atoms with E-state index in [1.165, 1.54) is 37.3 Å². The second kappa shape index (κ2) is 5.64. The predicted octanol–water partition coefficient (Wildman–Crippen LogP) is 2.52. The van der Waals surface area contributed by atoms with Crippen molar-refractivity contribution in [3.63, 3.8) is 0 Å². The van der Waals surface area contributed by atoms with Gasteiger partial charge in [-0.1, -0.05) is 6.07 Å². The Labute approximate surface area is 137 Å². The number of anilines is 1. The minimum Gasteiger partial charge on any atom is -0.364 e. The van der Waals surface area contributed by atoms with E-state index >= 15 is 0 Å². The third-order valence-corrected chi connectivity index (χ3v) is 5.17. The number of aromatic amines is 1. The smallest absolute Gasteiger partial charge is 0.265 e. The van der Waals surface area contributed by atoms with Crippen molar-refractivity contribution in [2.24, 2.45) is 5.73 Å². The highest BCUT2D eigenvalue weighted by atomic mass is 32.2. The molecule has 0 spiro atoms. The number of nitrogens with one attached hydrogen (secondary N) is 2. The van der Waals surface area contributed by atoms with Crippen LogP contribution in [0.5, 0.6) is 0 Å². The van der Waals surface area contributed by atoms with E-state index in [4.69, 9.17) is 5.73 Å². The average molecular weight is 347 g/mol. The number of aromatic nitrogens is 1. The topological polar surface area (TPSA) is 105 Å². The highest BCUT2D eigenvalue weighted by Gasteiger charge is 2.19. The maximum atomic E-state index is 13.6. The second-order valence-electron chi connectivity index (χ2n) is 5.32. The number of fused-ring (bicyclic) bond motifs is 1. The van der Waals surface area contributed by atoms with Crippen molar-refractivity contribution in [2.45, 2.75) is 11.8 Å². The molecule has 0 saturated heterocycles. The molecule has 0 bridgehead atoms. The maximum absolute atomic E-state index is 13.6. The number of halogens is 1. The first-order chi connectivity index (χ1) is 11.3. The molecule has 0 aliphatic carbocycles. The van der Waals surface area contributed by atoms with Crippen LogP contribution in [0, 0.1) is 12.7 Å². The molecule has 6 nitrogen and oxygen atoms in total. The number of hydrogen-bond donors (Lipinski definition) is 3. The summed E-state index contributed by atoms with van der Waals surface area (Å²) in [5.41, 5.74) is 6.42. The number of benzene rings is 2. The highest BCUT2D eigenvalue weighted by molar-refractivity contribution is 7.92. The molecule has 0 atom stereocenters. The number of hydrogen-bond acceptors (Lipinski definition) is 3. The van der Waals surface area contributed by atoms with Crippen LogP contribution in [0.2, 0.25) is 0 Å². The minimum absolute atomic E-state index is 0.0451. The third kappa shape index (κ3) is 2.83. The molecule has 1 aromatic heterocycles. The Morgan fingerprint density at radius 2 is 1.96 bits per heavy atom. The fourth-order valence-corrected chi connectivity index (χ4v) is 3.72. The van der Waals surface area contributed by atoms with Crippen molar-refractivity contribution in [1.82, 2.24) is 4.98 Å². The summed E-state index contributed by atoms with van der Waals surface area (Å²) in [6.07, 6.45) is 0. The van der Waals surface area contributed by atoms with E-state index in [9.17, 15) is 17.6 Å². The molecule has 0 aliphatic rings. The second-order valence-corrected chi connectivity index (χ2v) is 6.97. The first kappa shape index (κ1) is 16.0. The summed E-state index contributed by atoms with van der Waals surface area (Å²) in [4.78, 5) is 13.9. The fraction of sp³-hybridized carbons (Fsp3) is 0.0625.